The third kappa shape index (κ3) is 3.98. The molecule has 0 bridgehead atoms. The third-order valence-electron chi connectivity index (χ3n) is 4.79. The summed E-state index contributed by atoms with van der Waals surface area (Å²) in [6, 6.07) is 18.3. The van der Waals surface area contributed by atoms with E-state index in [-0.39, 0.29) is 9.92 Å². The Morgan fingerprint density at radius 1 is 0.964 bits per heavy atom. The van der Waals surface area contributed by atoms with Crippen molar-refractivity contribution in [3.05, 3.63) is 71.4 Å². The first-order valence-corrected chi connectivity index (χ1v) is 10.8. The summed E-state index contributed by atoms with van der Waals surface area (Å²) in [5.74, 6) is 0.732. The molecule has 2 aromatic carbocycles. The van der Waals surface area contributed by atoms with Crippen LogP contribution >= 0.6 is 11.6 Å². The Kier molecular flexibility index (Phi) is 5.50. The summed E-state index contributed by atoms with van der Waals surface area (Å²) in [6.07, 6.45) is 0. The second-order valence-electron chi connectivity index (χ2n) is 6.66. The van der Waals surface area contributed by atoms with Crippen LogP contribution < -0.4 is 0 Å². The van der Waals surface area contributed by atoms with Crippen molar-refractivity contribution in [3.63, 3.8) is 0 Å². The fourth-order valence-electron chi connectivity index (χ4n) is 3.27. The number of sulfonamides is 1. The summed E-state index contributed by atoms with van der Waals surface area (Å²) in [7, 11) is -3.58. The molecule has 3 aromatic rings. The van der Waals surface area contributed by atoms with Crippen LogP contribution in [0.25, 0.3) is 11.3 Å². The molecule has 28 heavy (non-hydrogen) atoms. The summed E-state index contributed by atoms with van der Waals surface area (Å²) in [5.41, 5.74) is 1.82. The maximum Gasteiger partial charge on any atom is 0.244 e. The summed E-state index contributed by atoms with van der Waals surface area (Å²) < 4.78 is 32.6. The Hall–Kier alpha value is -2.19. The van der Waals surface area contributed by atoms with Gasteiger partial charge in [0.05, 0.1) is 10.7 Å². The molecule has 1 aliphatic rings. The fourth-order valence-corrected chi connectivity index (χ4v) is 5.19. The standard InChI is InChI=1S/C20H20ClN3O3S/c21-18-8-4-5-9-20(18)28(25,26)24-12-10-23(11-13-24)15-17-14-19(27-22-17)16-6-2-1-3-7-16/h1-9,14H,10-13,15H2. The number of hydrogen-bond acceptors (Lipinski definition) is 5. The van der Waals surface area contributed by atoms with Crippen LogP contribution in [0.4, 0.5) is 0 Å². The molecular formula is C20H20ClN3O3S. The first kappa shape index (κ1) is 19.1. The molecule has 146 valence electrons. The summed E-state index contributed by atoms with van der Waals surface area (Å²) in [4.78, 5) is 2.33. The van der Waals surface area contributed by atoms with E-state index in [1.54, 1.807) is 24.3 Å². The molecule has 1 aromatic heterocycles. The zero-order chi connectivity index (χ0) is 19.6. The van der Waals surface area contributed by atoms with Gasteiger partial charge in [0.2, 0.25) is 10.0 Å². The molecule has 0 unspecified atom stereocenters. The van der Waals surface area contributed by atoms with Crippen LogP contribution in [0.5, 0.6) is 0 Å². The number of piperazine rings is 1. The average Bonchev–Trinajstić information content (AvgIpc) is 3.18. The predicted octanol–water partition coefficient (Wildman–Crippen LogP) is 3.50. The van der Waals surface area contributed by atoms with Crippen LogP contribution in [0.1, 0.15) is 5.69 Å². The molecule has 1 saturated heterocycles. The SMILES string of the molecule is O=S(=O)(c1ccccc1Cl)N1CCN(Cc2cc(-c3ccccc3)on2)CC1. The maximum absolute atomic E-state index is 12.8. The van der Waals surface area contributed by atoms with Crippen molar-refractivity contribution >= 4 is 21.6 Å². The number of hydrogen-bond donors (Lipinski definition) is 0. The number of benzene rings is 2. The van der Waals surface area contributed by atoms with Crippen LogP contribution in [0.2, 0.25) is 5.02 Å². The first-order chi connectivity index (χ1) is 13.5. The lowest BCUT2D eigenvalue weighted by atomic mass is 10.1. The van der Waals surface area contributed by atoms with Crippen LogP contribution in [0.3, 0.4) is 0 Å². The van der Waals surface area contributed by atoms with E-state index in [1.165, 1.54) is 4.31 Å². The van der Waals surface area contributed by atoms with Gasteiger partial charge in [-0.1, -0.05) is 59.2 Å². The van der Waals surface area contributed by atoms with Crippen molar-refractivity contribution in [2.24, 2.45) is 0 Å². The van der Waals surface area contributed by atoms with Crippen molar-refractivity contribution in [1.29, 1.82) is 0 Å². The molecule has 2 heterocycles. The van der Waals surface area contributed by atoms with E-state index in [1.807, 2.05) is 36.4 Å². The van der Waals surface area contributed by atoms with Gasteiger partial charge < -0.3 is 4.52 Å². The highest BCUT2D eigenvalue weighted by atomic mass is 35.5. The van der Waals surface area contributed by atoms with Crippen molar-refractivity contribution < 1.29 is 12.9 Å². The van der Waals surface area contributed by atoms with Gasteiger partial charge in [-0.25, -0.2) is 8.42 Å². The van der Waals surface area contributed by atoms with E-state index < -0.39 is 10.0 Å². The monoisotopic (exact) mass is 417 g/mol. The van der Waals surface area contributed by atoms with E-state index in [2.05, 4.69) is 10.1 Å². The second-order valence-corrected chi connectivity index (χ2v) is 8.97. The van der Waals surface area contributed by atoms with E-state index in [0.29, 0.717) is 32.7 Å². The van der Waals surface area contributed by atoms with Crippen molar-refractivity contribution in [2.45, 2.75) is 11.4 Å². The lowest BCUT2D eigenvalue weighted by Gasteiger charge is -2.33. The van der Waals surface area contributed by atoms with Gasteiger partial charge in [-0.2, -0.15) is 4.31 Å². The van der Waals surface area contributed by atoms with Gasteiger partial charge in [-0.05, 0) is 12.1 Å². The number of nitrogens with zero attached hydrogens (tertiary/aromatic N) is 3. The Bertz CT molecular complexity index is 1050. The highest BCUT2D eigenvalue weighted by Crippen LogP contribution is 2.25. The molecule has 0 amide bonds. The van der Waals surface area contributed by atoms with E-state index >= 15 is 0 Å². The Balaban J connectivity index is 1.39. The normalized spacial score (nSPS) is 16.3. The lowest BCUT2D eigenvalue weighted by molar-refractivity contribution is 0.178. The molecule has 1 aliphatic heterocycles. The maximum atomic E-state index is 12.8. The van der Waals surface area contributed by atoms with E-state index in [0.717, 1.165) is 17.0 Å². The molecule has 1 fully saturated rings. The fraction of sp³-hybridized carbons (Fsp3) is 0.250. The summed E-state index contributed by atoms with van der Waals surface area (Å²) in [5, 5.41) is 4.40. The molecule has 0 spiro atoms. The van der Waals surface area contributed by atoms with Crippen LogP contribution in [0, 0.1) is 0 Å². The summed E-state index contributed by atoms with van der Waals surface area (Å²) >= 11 is 6.08. The van der Waals surface area contributed by atoms with Gasteiger partial charge in [0.1, 0.15) is 4.90 Å². The van der Waals surface area contributed by atoms with Gasteiger partial charge in [-0.15, -0.1) is 0 Å². The second kappa shape index (κ2) is 8.05. The van der Waals surface area contributed by atoms with Gasteiger partial charge in [0, 0.05) is 44.4 Å². The molecule has 0 saturated carbocycles. The van der Waals surface area contributed by atoms with Crippen molar-refractivity contribution in [2.75, 3.05) is 26.2 Å². The highest BCUT2D eigenvalue weighted by molar-refractivity contribution is 7.89. The molecule has 0 radical (unpaired) electrons. The van der Waals surface area contributed by atoms with Gasteiger partial charge in [-0.3, -0.25) is 4.90 Å². The molecular weight excluding hydrogens is 398 g/mol. The zero-order valence-electron chi connectivity index (χ0n) is 15.2. The molecule has 6 nitrogen and oxygen atoms in total. The largest absolute Gasteiger partial charge is 0.356 e. The topological polar surface area (TPSA) is 66.7 Å². The highest BCUT2D eigenvalue weighted by Gasteiger charge is 2.30. The third-order valence-corrected chi connectivity index (χ3v) is 7.19. The molecule has 8 heteroatoms. The van der Waals surface area contributed by atoms with Crippen LogP contribution in [-0.2, 0) is 16.6 Å². The molecule has 0 N–H and O–H groups in total. The zero-order valence-corrected chi connectivity index (χ0v) is 16.7. The lowest BCUT2D eigenvalue weighted by Crippen LogP contribution is -2.48. The van der Waals surface area contributed by atoms with Gasteiger partial charge in [0.25, 0.3) is 0 Å². The minimum absolute atomic E-state index is 0.161. The van der Waals surface area contributed by atoms with Crippen molar-refractivity contribution in [1.82, 2.24) is 14.4 Å². The first-order valence-electron chi connectivity index (χ1n) is 9.02. The molecule has 4 rings (SSSR count). The average molecular weight is 418 g/mol. The Labute approximate surface area is 169 Å². The number of rotatable bonds is 5. The smallest absolute Gasteiger partial charge is 0.244 e. The quantitative estimate of drug-likeness (QED) is 0.635. The minimum atomic E-state index is -3.58. The van der Waals surface area contributed by atoms with Crippen LogP contribution in [-0.4, -0.2) is 49.0 Å². The van der Waals surface area contributed by atoms with Gasteiger partial charge in [0.15, 0.2) is 5.76 Å². The Morgan fingerprint density at radius 3 is 2.36 bits per heavy atom. The number of aromatic nitrogens is 1. The Morgan fingerprint density at radius 2 is 1.64 bits per heavy atom. The molecule has 0 aliphatic carbocycles. The predicted molar refractivity (Wildman–Crippen MR) is 107 cm³/mol. The van der Waals surface area contributed by atoms with Crippen LogP contribution in [0.15, 0.2) is 70.1 Å². The molecule has 0 atom stereocenters. The van der Waals surface area contributed by atoms with E-state index in [4.69, 9.17) is 16.1 Å². The summed E-state index contributed by atoms with van der Waals surface area (Å²) in [6.45, 7) is 2.69. The number of halogens is 1. The minimum Gasteiger partial charge on any atom is -0.356 e. The van der Waals surface area contributed by atoms with E-state index in [9.17, 15) is 8.42 Å². The van der Waals surface area contributed by atoms with Crippen molar-refractivity contribution in [3.8, 4) is 11.3 Å². The van der Waals surface area contributed by atoms with Gasteiger partial charge >= 0.3 is 0 Å².